The lowest BCUT2D eigenvalue weighted by molar-refractivity contribution is -0.0231. The third-order valence-corrected chi connectivity index (χ3v) is 5.23. The molecule has 150 valence electrons. The number of furan rings is 1. The van der Waals surface area contributed by atoms with Crippen molar-refractivity contribution >= 4 is 5.91 Å². The van der Waals surface area contributed by atoms with E-state index in [1.54, 1.807) is 17.0 Å². The molecule has 0 spiro atoms. The van der Waals surface area contributed by atoms with Gasteiger partial charge >= 0.3 is 0 Å². The summed E-state index contributed by atoms with van der Waals surface area (Å²) in [6, 6.07) is 25.1. The SMILES string of the molecule is O=C(c1cc(-c2ccco2)nn1-c1ccccc1)N1CCOC(c2ccccc2)C1. The van der Waals surface area contributed by atoms with Crippen molar-refractivity contribution in [3.8, 4) is 17.1 Å². The summed E-state index contributed by atoms with van der Waals surface area (Å²) in [5, 5.41) is 4.66. The Morgan fingerprint density at radius 3 is 2.47 bits per heavy atom. The van der Waals surface area contributed by atoms with E-state index in [1.807, 2.05) is 77.7 Å². The smallest absolute Gasteiger partial charge is 0.272 e. The van der Waals surface area contributed by atoms with Crippen LogP contribution in [0.4, 0.5) is 0 Å². The number of hydrogen-bond donors (Lipinski definition) is 0. The number of benzene rings is 2. The number of rotatable bonds is 4. The lowest BCUT2D eigenvalue weighted by Crippen LogP contribution is -2.42. The molecule has 0 radical (unpaired) electrons. The number of para-hydroxylation sites is 1. The van der Waals surface area contributed by atoms with E-state index in [2.05, 4.69) is 5.10 Å². The Labute approximate surface area is 174 Å². The average Bonchev–Trinajstić information content (AvgIpc) is 3.50. The van der Waals surface area contributed by atoms with Gasteiger partial charge in [-0.25, -0.2) is 4.68 Å². The first-order chi connectivity index (χ1) is 14.8. The minimum absolute atomic E-state index is 0.0756. The van der Waals surface area contributed by atoms with Gasteiger partial charge in [0.1, 0.15) is 17.5 Å². The molecule has 0 bridgehead atoms. The summed E-state index contributed by atoms with van der Waals surface area (Å²) in [6.45, 7) is 1.53. The van der Waals surface area contributed by atoms with Crippen LogP contribution in [0.3, 0.4) is 0 Å². The van der Waals surface area contributed by atoms with Gasteiger partial charge in [-0.05, 0) is 29.8 Å². The van der Waals surface area contributed by atoms with E-state index in [4.69, 9.17) is 9.15 Å². The van der Waals surface area contributed by atoms with E-state index in [0.29, 0.717) is 36.8 Å². The van der Waals surface area contributed by atoms with Crippen LogP contribution in [0.5, 0.6) is 0 Å². The molecule has 1 atom stereocenters. The second kappa shape index (κ2) is 8.00. The van der Waals surface area contributed by atoms with Gasteiger partial charge in [-0.15, -0.1) is 0 Å². The van der Waals surface area contributed by atoms with Gasteiger partial charge in [0.2, 0.25) is 0 Å². The predicted octanol–water partition coefficient (Wildman–Crippen LogP) is 4.35. The van der Waals surface area contributed by atoms with Gasteiger partial charge in [0.15, 0.2) is 5.76 Å². The fraction of sp³-hybridized carbons (Fsp3) is 0.167. The Kier molecular flexibility index (Phi) is 4.91. The van der Waals surface area contributed by atoms with E-state index >= 15 is 0 Å². The highest BCUT2D eigenvalue weighted by Crippen LogP contribution is 2.26. The number of amides is 1. The average molecular weight is 399 g/mol. The minimum Gasteiger partial charge on any atom is -0.463 e. The lowest BCUT2D eigenvalue weighted by Gasteiger charge is -2.33. The normalized spacial score (nSPS) is 16.5. The van der Waals surface area contributed by atoms with E-state index in [1.165, 1.54) is 0 Å². The topological polar surface area (TPSA) is 60.5 Å². The van der Waals surface area contributed by atoms with Crippen LogP contribution in [-0.4, -0.2) is 40.3 Å². The fourth-order valence-electron chi connectivity index (χ4n) is 3.71. The standard InChI is InChI=1S/C24H21N3O3/c28-24(26-13-15-30-23(17-26)18-8-3-1-4-9-18)21-16-20(22-12-7-14-29-22)25-27(21)19-10-5-2-6-11-19/h1-12,14,16,23H,13,15,17H2. The summed E-state index contributed by atoms with van der Waals surface area (Å²) >= 11 is 0. The molecule has 6 heteroatoms. The zero-order valence-corrected chi connectivity index (χ0v) is 16.3. The Balaban J connectivity index is 1.49. The lowest BCUT2D eigenvalue weighted by atomic mass is 10.1. The van der Waals surface area contributed by atoms with Crippen LogP contribution >= 0.6 is 0 Å². The van der Waals surface area contributed by atoms with Gasteiger partial charge in [-0.3, -0.25) is 4.79 Å². The van der Waals surface area contributed by atoms with Crippen molar-refractivity contribution in [2.75, 3.05) is 19.7 Å². The molecule has 0 saturated carbocycles. The van der Waals surface area contributed by atoms with Gasteiger partial charge in [0.25, 0.3) is 5.91 Å². The van der Waals surface area contributed by atoms with Crippen LogP contribution in [0.15, 0.2) is 89.5 Å². The van der Waals surface area contributed by atoms with Crippen LogP contribution in [0, 0.1) is 0 Å². The number of hydrogen-bond acceptors (Lipinski definition) is 4. The fourth-order valence-corrected chi connectivity index (χ4v) is 3.71. The highest BCUT2D eigenvalue weighted by molar-refractivity contribution is 5.94. The van der Waals surface area contributed by atoms with Gasteiger partial charge in [-0.2, -0.15) is 5.10 Å². The maximum absolute atomic E-state index is 13.5. The van der Waals surface area contributed by atoms with E-state index in [-0.39, 0.29) is 12.0 Å². The highest BCUT2D eigenvalue weighted by atomic mass is 16.5. The van der Waals surface area contributed by atoms with Crippen molar-refractivity contribution in [3.05, 3.63) is 96.4 Å². The summed E-state index contributed by atoms with van der Waals surface area (Å²) in [5.74, 6) is 0.552. The summed E-state index contributed by atoms with van der Waals surface area (Å²) in [6.07, 6.45) is 1.46. The van der Waals surface area contributed by atoms with Crippen LogP contribution in [0.1, 0.15) is 22.2 Å². The number of carbonyl (C=O) groups is 1. The molecule has 4 aromatic rings. The van der Waals surface area contributed by atoms with E-state index in [0.717, 1.165) is 11.3 Å². The van der Waals surface area contributed by atoms with Crippen molar-refractivity contribution < 1.29 is 13.9 Å². The van der Waals surface area contributed by atoms with Gasteiger partial charge < -0.3 is 14.1 Å². The van der Waals surface area contributed by atoms with Crippen LogP contribution in [0.25, 0.3) is 17.1 Å². The Hall–Kier alpha value is -3.64. The molecular weight excluding hydrogens is 378 g/mol. The number of nitrogens with zero attached hydrogens (tertiary/aromatic N) is 3. The second-order valence-corrected chi connectivity index (χ2v) is 7.16. The van der Waals surface area contributed by atoms with E-state index < -0.39 is 0 Å². The third kappa shape index (κ3) is 3.53. The minimum atomic E-state index is -0.137. The molecule has 6 nitrogen and oxygen atoms in total. The number of aromatic nitrogens is 2. The monoisotopic (exact) mass is 399 g/mol. The number of carbonyl (C=O) groups excluding carboxylic acids is 1. The maximum Gasteiger partial charge on any atom is 0.272 e. The Bertz CT molecular complexity index is 1120. The molecule has 1 fully saturated rings. The van der Waals surface area contributed by atoms with Crippen molar-refractivity contribution in [1.82, 2.24) is 14.7 Å². The van der Waals surface area contributed by atoms with Crippen molar-refractivity contribution in [2.45, 2.75) is 6.10 Å². The molecule has 1 saturated heterocycles. The first-order valence-electron chi connectivity index (χ1n) is 9.95. The molecule has 1 amide bonds. The molecule has 0 aliphatic carbocycles. The first kappa shape index (κ1) is 18.4. The molecule has 5 rings (SSSR count). The molecule has 1 aliphatic rings. The Morgan fingerprint density at radius 2 is 1.73 bits per heavy atom. The molecule has 2 aromatic carbocycles. The number of ether oxygens (including phenoxy) is 1. The first-order valence-corrected chi connectivity index (χ1v) is 9.95. The van der Waals surface area contributed by atoms with Gasteiger partial charge in [0, 0.05) is 12.6 Å². The maximum atomic E-state index is 13.5. The molecule has 2 aromatic heterocycles. The van der Waals surface area contributed by atoms with E-state index in [9.17, 15) is 4.79 Å². The van der Waals surface area contributed by atoms with Gasteiger partial charge in [-0.1, -0.05) is 48.5 Å². The molecule has 0 N–H and O–H groups in total. The highest BCUT2D eigenvalue weighted by Gasteiger charge is 2.29. The van der Waals surface area contributed by atoms with Crippen molar-refractivity contribution in [2.24, 2.45) is 0 Å². The molecule has 1 aliphatic heterocycles. The van der Waals surface area contributed by atoms with Gasteiger partial charge in [0.05, 0.1) is 25.1 Å². The summed E-state index contributed by atoms with van der Waals surface area (Å²) < 4.78 is 13.1. The van der Waals surface area contributed by atoms with Crippen LogP contribution in [-0.2, 0) is 4.74 Å². The van der Waals surface area contributed by atoms with Crippen LogP contribution in [0.2, 0.25) is 0 Å². The van der Waals surface area contributed by atoms with Crippen LogP contribution < -0.4 is 0 Å². The second-order valence-electron chi connectivity index (χ2n) is 7.16. The third-order valence-electron chi connectivity index (χ3n) is 5.23. The molecule has 3 heterocycles. The van der Waals surface area contributed by atoms with Crippen molar-refractivity contribution in [1.29, 1.82) is 0 Å². The molecular formula is C24H21N3O3. The Morgan fingerprint density at radius 1 is 0.967 bits per heavy atom. The molecule has 1 unspecified atom stereocenters. The number of morpholine rings is 1. The zero-order valence-electron chi connectivity index (χ0n) is 16.3. The summed E-state index contributed by atoms with van der Waals surface area (Å²) in [5.41, 5.74) is 3.02. The predicted molar refractivity (Wildman–Crippen MR) is 112 cm³/mol. The molecule has 30 heavy (non-hydrogen) atoms. The zero-order chi connectivity index (χ0) is 20.3. The van der Waals surface area contributed by atoms with Crippen molar-refractivity contribution in [3.63, 3.8) is 0 Å². The largest absolute Gasteiger partial charge is 0.463 e. The quantitative estimate of drug-likeness (QED) is 0.512. The summed E-state index contributed by atoms with van der Waals surface area (Å²) in [4.78, 5) is 15.4. The summed E-state index contributed by atoms with van der Waals surface area (Å²) in [7, 11) is 0.